The molecule has 2 aliphatic rings. The number of para-hydroxylation sites is 2. The number of hydrogen-bond acceptors (Lipinski definition) is 7. The number of ether oxygens (including phenoxy) is 1. The predicted molar refractivity (Wildman–Crippen MR) is 121 cm³/mol. The minimum Gasteiger partial charge on any atom is -0.378 e. The molecule has 31 heavy (non-hydrogen) atoms. The summed E-state index contributed by atoms with van der Waals surface area (Å²) < 4.78 is 7.56. The second kappa shape index (κ2) is 9.27. The van der Waals surface area contributed by atoms with Crippen LogP contribution in [0.4, 0.5) is 17.3 Å². The highest BCUT2D eigenvalue weighted by Gasteiger charge is 2.31. The van der Waals surface area contributed by atoms with Crippen molar-refractivity contribution in [1.29, 1.82) is 0 Å². The molecule has 1 N–H and O–H groups in total. The molecule has 1 fully saturated rings. The highest BCUT2D eigenvalue weighted by Crippen LogP contribution is 2.33. The van der Waals surface area contributed by atoms with Crippen molar-refractivity contribution in [2.45, 2.75) is 37.7 Å². The first kappa shape index (κ1) is 21.6. The summed E-state index contributed by atoms with van der Waals surface area (Å²) in [5.74, 6) is 0.904. The highest BCUT2D eigenvalue weighted by atomic mass is 32.2. The van der Waals surface area contributed by atoms with Crippen LogP contribution < -0.4 is 15.1 Å². The van der Waals surface area contributed by atoms with E-state index in [1.165, 1.54) is 11.8 Å². The topological polar surface area (TPSA) is 92.6 Å². The van der Waals surface area contributed by atoms with Gasteiger partial charge in [0.05, 0.1) is 29.8 Å². The lowest BCUT2D eigenvalue weighted by atomic mass is 10.2. The molecule has 4 rings (SSSR count). The summed E-state index contributed by atoms with van der Waals surface area (Å²) >= 11 is 1.38. The second-order valence-electron chi connectivity index (χ2n) is 8.14. The van der Waals surface area contributed by atoms with Crippen LogP contribution in [0, 0.1) is 5.92 Å². The van der Waals surface area contributed by atoms with Crippen molar-refractivity contribution in [3.8, 4) is 0 Å². The number of fused-ring (bicyclic) bond motifs is 1. The molecule has 1 saturated heterocycles. The van der Waals surface area contributed by atoms with Crippen LogP contribution in [-0.2, 0) is 20.9 Å². The molecule has 3 heterocycles. The number of anilines is 3. The quantitative estimate of drug-likeness (QED) is 0.683. The molecule has 0 spiro atoms. The van der Waals surface area contributed by atoms with Gasteiger partial charge < -0.3 is 15.0 Å². The van der Waals surface area contributed by atoms with Gasteiger partial charge in [0.15, 0.2) is 5.16 Å². The molecule has 2 aliphatic heterocycles. The molecule has 0 aliphatic carbocycles. The van der Waals surface area contributed by atoms with Crippen LogP contribution in [0.25, 0.3) is 0 Å². The van der Waals surface area contributed by atoms with Crippen molar-refractivity contribution in [2.75, 3.05) is 48.0 Å². The van der Waals surface area contributed by atoms with E-state index in [0.29, 0.717) is 30.0 Å². The van der Waals surface area contributed by atoms with Gasteiger partial charge in [0, 0.05) is 19.6 Å². The lowest BCUT2D eigenvalue weighted by molar-refractivity contribution is -0.121. The second-order valence-corrected chi connectivity index (χ2v) is 9.44. The zero-order valence-corrected chi connectivity index (χ0v) is 18.9. The monoisotopic (exact) mass is 444 g/mol. The Morgan fingerprint density at radius 3 is 2.68 bits per heavy atom. The number of rotatable bonds is 6. The number of morpholine rings is 1. The first-order chi connectivity index (χ1) is 14.9. The van der Waals surface area contributed by atoms with E-state index in [4.69, 9.17) is 4.74 Å². The average molecular weight is 445 g/mol. The number of carbonyl (C=O) groups is 2. The number of amides is 2. The van der Waals surface area contributed by atoms with Crippen LogP contribution in [-0.4, -0.2) is 64.7 Å². The Labute approximate surface area is 186 Å². The molecule has 166 valence electrons. The van der Waals surface area contributed by atoms with Crippen LogP contribution in [0.2, 0.25) is 0 Å². The van der Waals surface area contributed by atoms with E-state index in [-0.39, 0.29) is 18.4 Å². The van der Waals surface area contributed by atoms with Gasteiger partial charge in [-0.25, -0.2) is 0 Å². The molecule has 1 aromatic carbocycles. The van der Waals surface area contributed by atoms with Gasteiger partial charge in [-0.3, -0.25) is 19.1 Å². The van der Waals surface area contributed by atoms with Gasteiger partial charge >= 0.3 is 0 Å². The molecule has 2 aromatic rings. The molecule has 0 radical (unpaired) electrons. The fourth-order valence-electron chi connectivity index (χ4n) is 3.75. The van der Waals surface area contributed by atoms with E-state index in [2.05, 4.69) is 38.8 Å². The third kappa shape index (κ3) is 4.69. The van der Waals surface area contributed by atoms with E-state index >= 15 is 0 Å². The Hall–Kier alpha value is -2.59. The number of carbonyl (C=O) groups excluding carboxylic acids is 2. The first-order valence-corrected chi connectivity index (χ1v) is 11.4. The van der Waals surface area contributed by atoms with E-state index in [1.54, 1.807) is 11.0 Å². The Morgan fingerprint density at radius 1 is 1.19 bits per heavy atom. The van der Waals surface area contributed by atoms with Crippen molar-refractivity contribution in [2.24, 2.45) is 5.92 Å². The third-order valence-corrected chi connectivity index (χ3v) is 6.27. The zero-order chi connectivity index (χ0) is 22.0. The minimum atomic E-state index is -0.424. The van der Waals surface area contributed by atoms with E-state index in [1.807, 2.05) is 25.1 Å². The number of thioether (sulfide) groups is 1. The fourth-order valence-corrected chi connectivity index (χ4v) is 4.66. The molecular weight excluding hydrogens is 416 g/mol. The van der Waals surface area contributed by atoms with Gasteiger partial charge in [0.1, 0.15) is 6.54 Å². The summed E-state index contributed by atoms with van der Waals surface area (Å²) in [7, 11) is 0. The molecule has 1 atom stereocenters. The Kier molecular flexibility index (Phi) is 6.47. The zero-order valence-electron chi connectivity index (χ0n) is 18.1. The largest absolute Gasteiger partial charge is 0.378 e. The summed E-state index contributed by atoms with van der Waals surface area (Å²) in [6, 6.07) is 7.36. The smallest absolute Gasteiger partial charge is 0.244 e. The van der Waals surface area contributed by atoms with E-state index in [9.17, 15) is 9.59 Å². The van der Waals surface area contributed by atoms with Crippen LogP contribution in [0.15, 0.2) is 29.4 Å². The summed E-state index contributed by atoms with van der Waals surface area (Å²) in [6.07, 6.45) is 0. The maximum absolute atomic E-state index is 13.3. The fraction of sp³-hybridized carbons (Fsp3) is 0.524. The maximum Gasteiger partial charge on any atom is 0.244 e. The van der Waals surface area contributed by atoms with Crippen molar-refractivity contribution in [3.05, 3.63) is 24.3 Å². The number of nitrogens with zero attached hydrogens (tertiary/aromatic N) is 5. The Bertz CT molecular complexity index is 956. The molecule has 1 aromatic heterocycles. The lowest BCUT2D eigenvalue weighted by Crippen LogP contribution is -2.45. The minimum absolute atomic E-state index is 0.0124. The SMILES string of the molecule is CC(C)Cn1c(S[C@@H](C)C(=O)N2CC(=O)Nc3ccccc32)nnc1N1CCOCC1. The molecule has 0 bridgehead atoms. The molecular formula is C21H28N6O3S. The average Bonchev–Trinajstić information content (AvgIpc) is 3.14. The molecule has 10 heteroatoms. The van der Waals surface area contributed by atoms with Gasteiger partial charge in [0.25, 0.3) is 0 Å². The van der Waals surface area contributed by atoms with E-state index in [0.717, 1.165) is 31.3 Å². The van der Waals surface area contributed by atoms with Crippen molar-refractivity contribution in [3.63, 3.8) is 0 Å². The lowest BCUT2D eigenvalue weighted by Gasteiger charge is -2.31. The van der Waals surface area contributed by atoms with Crippen LogP contribution in [0.3, 0.4) is 0 Å². The molecule has 2 amide bonds. The molecule has 0 saturated carbocycles. The van der Waals surface area contributed by atoms with Gasteiger partial charge in [-0.1, -0.05) is 37.7 Å². The number of hydrogen-bond donors (Lipinski definition) is 1. The van der Waals surface area contributed by atoms with Crippen LogP contribution >= 0.6 is 11.8 Å². The van der Waals surface area contributed by atoms with Gasteiger partial charge in [-0.05, 0) is 25.0 Å². The van der Waals surface area contributed by atoms with Crippen molar-refractivity contribution in [1.82, 2.24) is 14.8 Å². The number of aromatic nitrogens is 3. The Balaban J connectivity index is 1.55. The molecule has 0 unspecified atom stereocenters. The van der Waals surface area contributed by atoms with Gasteiger partial charge in [-0.15, -0.1) is 10.2 Å². The Morgan fingerprint density at radius 2 is 1.94 bits per heavy atom. The predicted octanol–water partition coefficient (Wildman–Crippen LogP) is 2.24. The first-order valence-electron chi connectivity index (χ1n) is 10.6. The summed E-state index contributed by atoms with van der Waals surface area (Å²) in [5.41, 5.74) is 1.37. The summed E-state index contributed by atoms with van der Waals surface area (Å²) in [5, 5.41) is 12.0. The summed E-state index contributed by atoms with van der Waals surface area (Å²) in [6.45, 7) is 9.81. The van der Waals surface area contributed by atoms with Crippen molar-refractivity contribution < 1.29 is 14.3 Å². The maximum atomic E-state index is 13.3. The molecule has 9 nitrogen and oxygen atoms in total. The third-order valence-electron chi connectivity index (χ3n) is 5.21. The highest BCUT2D eigenvalue weighted by molar-refractivity contribution is 8.00. The van der Waals surface area contributed by atoms with Gasteiger partial charge in [0.2, 0.25) is 17.8 Å². The van der Waals surface area contributed by atoms with Gasteiger partial charge in [-0.2, -0.15) is 0 Å². The van der Waals surface area contributed by atoms with Crippen molar-refractivity contribution >= 4 is 40.9 Å². The summed E-state index contributed by atoms with van der Waals surface area (Å²) in [4.78, 5) is 29.1. The normalized spacial score (nSPS) is 17.5. The number of nitrogens with one attached hydrogen (secondary N) is 1. The standard InChI is InChI=1S/C21H28N6O3S/c1-14(2)12-27-20(25-8-10-30-11-9-25)23-24-21(27)31-15(3)19(29)26-13-18(28)22-16-6-4-5-7-17(16)26/h4-7,14-15H,8-13H2,1-3H3,(H,22,28)/t15-/m0/s1. The van der Waals surface area contributed by atoms with E-state index < -0.39 is 5.25 Å². The van der Waals surface area contributed by atoms with Crippen LogP contribution in [0.5, 0.6) is 0 Å². The van der Waals surface area contributed by atoms with Crippen LogP contribution in [0.1, 0.15) is 20.8 Å². The number of benzene rings is 1.